The number of rotatable bonds is 2. The first-order valence-electron chi connectivity index (χ1n) is 5.28. The molecule has 15 heavy (non-hydrogen) atoms. The first kappa shape index (κ1) is 12.5. The van der Waals surface area contributed by atoms with Crippen LogP contribution >= 0.6 is 12.4 Å². The zero-order valence-corrected chi connectivity index (χ0v) is 9.47. The third-order valence-corrected chi connectivity index (χ3v) is 3.14. The highest BCUT2D eigenvalue weighted by molar-refractivity contribution is 5.85. The maximum absolute atomic E-state index is 13.0. The Morgan fingerprint density at radius 1 is 1.27 bits per heavy atom. The third kappa shape index (κ3) is 2.93. The van der Waals surface area contributed by atoms with Crippen molar-refractivity contribution < 1.29 is 4.39 Å². The minimum absolute atomic E-state index is 0. The Morgan fingerprint density at radius 3 is 2.53 bits per heavy atom. The van der Waals surface area contributed by atoms with Crippen LogP contribution in [-0.2, 0) is 0 Å². The van der Waals surface area contributed by atoms with Crippen LogP contribution in [0.3, 0.4) is 0 Å². The SMILES string of the molecule is Cl.N[C@H](c1cccc(F)c1)C1CCCC1. The van der Waals surface area contributed by atoms with E-state index < -0.39 is 0 Å². The molecule has 0 spiro atoms. The molecule has 3 heteroatoms. The zero-order chi connectivity index (χ0) is 9.97. The van der Waals surface area contributed by atoms with E-state index in [1.807, 2.05) is 6.07 Å². The van der Waals surface area contributed by atoms with Crippen molar-refractivity contribution in [2.24, 2.45) is 11.7 Å². The van der Waals surface area contributed by atoms with Gasteiger partial charge in [0.25, 0.3) is 0 Å². The monoisotopic (exact) mass is 229 g/mol. The highest BCUT2D eigenvalue weighted by Gasteiger charge is 2.23. The highest BCUT2D eigenvalue weighted by Crippen LogP contribution is 2.34. The minimum atomic E-state index is -0.184. The number of halogens is 2. The van der Waals surface area contributed by atoms with Gasteiger partial charge in [0.15, 0.2) is 0 Å². The highest BCUT2D eigenvalue weighted by atomic mass is 35.5. The van der Waals surface area contributed by atoms with E-state index in [1.165, 1.54) is 31.7 Å². The Bertz CT molecular complexity index is 310. The van der Waals surface area contributed by atoms with E-state index in [1.54, 1.807) is 12.1 Å². The zero-order valence-electron chi connectivity index (χ0n) is 8.66. The lowest BCUT2D eigenvalue weighted by Crippen LogP contribution is -2.19. The summed E-state index contributed by atoms with van der Waals surface area (Å²) in [4.78, 5) is 0. The van der Waals surface area contributed by atoms with Crippen LogP contribution in [0.15, 0.2) is 24.3 Å². The molecule has 1 aliphatic carbocycles. The van der Waals surface area contributed by atoms with Crippen LogP contribution in [0.1, 0.15) is 37.3 Å². The van der Waals surface area contributed by atoms with Gasteiger partial charge in [-0.15, -0.1) is 12.4 Å². The molecule has 0 bridgehead atoms. The molecule has 0 amide bonds. The molecule has 1 fully saturated rings. The van der Waals surface area contributed by atoms with Gasteiger partial charge in [0.1, 0.15) is 5.82 Å². The summed E-state index contributed by atoms with van der Waals surface area (Å²) in [5, 5.41) is 0. The fourth-order valence-corrected chi connectivity index (χ4v) is 2.30. The second kappa shape index (κ2) is 5.47. The van der Waals surface area contributed by atoms with Crippen LogP contribution in [0.5, 0.6) is 0 Å². The van der Waals surface area contributed by atoms with Crippen molar-refractivity contribution in [2.45, 2.75) is 31.7 Å². The smallest absolute Gasteiger partial charge is 0.123 e. The van der Waals surface area contributed by atoms with Crippen LogP contribution in [0, 0.1) is 11.7 Å². The minimum Gasteiger partial charge on any atom is -0.324 e. The van der Waals surface area contributed by atoms with Gasteiger partial charge in [-0.3, -0.25) is 0 Å². The predicted octanol–water partition coefficient (Wildman–Crippen LogP) is 3.44. The maximum atomic E-state index is 13.0. The largest absolute Gasteiger partial charge is 0.324 e. The van der Waals surface area contributed by atoms with Crippen molar-refractivity contribution in [1.82, 2.24) is 0 Å². The van der Waals surface area contributed by atoms with Crippen molar-refractivity contribution in [1.29, 1.82) is 0 Å². The molecule has 2 N–H and O–H groups in total. The van der Waals surface area contributed by atoms with Gasteiger partial charge < -0.3 is 5.73 Å². The lowest BCUT2D eigenvalue weighted by atomic mass is 9.92. The molecule has 2 rings (SSSR count). The maximum Gasteiger partial charge on any atom is 0.123 e. The number of benzene rings is 1. The van der Waals surface area contributed by atoms with Crippen molar-refractivity contribution in [3.05, 3.63) is 35.6 Å². The first-order chi connectivity index (χ1) is 6.77. The van der Waals surface area contributed by atoms with E-state index in [-0.39, 0.29) is 24.3 Å². The predicted molar refractivity (Wildman–Crippen MR) is 62.5 cm³/mol. The second-order valence-electron chi connectivity index (χ2n) is 4.13. The lowest BCUT2D eigenvalue weighted by Gasteiger charge is -2.18. The van der Waals surface area contributed by atoms with Crippen LogP contribution < -0.4 is 5.73 Å². The molecule has 1 aromatic carbocycles. The van der Waals surface area contributed by atoms with Gasteiger partial charge in [0.05, 0.1) is 0 Å². The fraction of sp³-hybridized carbons (Fsp3) is 0.500. The summed E-state index contributed by atoms with van der Waals surface area (Å²) in [6, 6.07) is 6.70. The fourth-order valence-electron chi connectivity index (χ4n) is 2.30. The number of hydrogen-bond acceptors (Lipinski definition) is 1. The molecule has 84 valence electrons. The van der Waals surface area contributed by atoms with Crippen molar-refractivity contribution in [3.8, 4) is 0 Å². The first-order valence-corrected chi connectivity index (χ1v) is 5.28. The quantitative estimate of drug-likeness (QED) is 0.826. The summed E-state index contributed by atoms with van der Waals surface area (Å²) in [5.74, 6) is 0.368. The van der Waals surface area contributed by atoms with Gasteiger partial charge in [0.2, 0.25) is 0 Å². The molecular weight excluding hydrogens is 213 g/mol. The van der Waals surface area contributed by atoms with Gasteiger partial charge in [-0.05, 0) is 36.5 Å². The Balaban J connectivity index is 0.00000112. The molecule has 0 heterocycles. The van der Waals surface area contributed by atoms with E-state index in [0.29, 0.717) is 5.92 Å². The summed E-state index contributed by atoms with van der Waals surface area (Å²) >= 11 is 0. The summed E-state index contributed by atoms with van der Waals surface area (Å²) in [6.45, 7) is 0. The summed E-state index contributed by atoms with van der Waals surface area (Å²) in [5.41, 5.74) is 7.04. The molecule has 1 aliphatic rings. The Labute approximate surface area is 96.3 Å². The van der Waals surface area contributed by atoms with Gasteiger partial charge in [-0.25, -0.2) is 4.39 Å². The van der Waals surface area contributed by atoms with E-state index in [0.717, 1.165) is 5.56 Å². The van der Waals surface area contributed by atoms with E-state index in [9.17, 15) is 4.39 Å². The molecule has 1 atom stereocenters. The van der Waals surface area contributed by atoms with Crippen LogP contribution in [-0.4, -0.2) is 0 Å². The van der Waals surface area contributed by atoms with E-state index >= 15 is 0 Å². The summed E-state index contributed by atoms with van der Waals surface area (Å²) < 4.78 is 13.0. The number of hydrogen-bond donors (Lipinski definition) is 1. The summed E-state index contributed by atoms with van der Waals surface area (Å²) in [6.07, 6.45) is 4.93. The lowest BCUT2D eigenvalue weighted by molar-refractivity contribution is 0.443. The van der Waals surface area contributed by atoms with Crippen LogP contribution in [0.2, 0.25) is 0 Å². The van der Waals surface area contributed by atoms with Crippen molar-refractivity contribution in [2.75, 3.05) is 0 Å². The molecule has 1 aromatic rings. The van der Waals surface area contributed by atoms with E-state index in [2.05, 4.69) is 0 Å². The van der Waals surface area contributed by atoms with Crippen LogP contribution in [0.4, 0.5) is 4.39 Å². The van der Waals surface area contributed by atoms with Gasteiger partial charge in [0, 0.05) is 6.04 Å². The Kier molecular flexibility index (Phi) is 4.55. The van der Waals surface area contributed by atoms with Crippen LogP contribution in [0.25, 0.3) is 0 Å². The van der Waals surface area contributed by atoms with Gasteiger partial charge in [-0.1, -0.05) is 25.0 Å². The standard InChI is InChI=1S/C12H16FN.ClH/c13-11-7-3-6-10(8-11)12(14)9-4-1-2-5-9;/h3,6-9,12H,1-2,4-5,14H2;1H/t12-;/m0./s1. The van der Waals surface area contributed by atoms with E-state index in [4.69, 9.17) is 5.73 Å². The average Bonchev–Trinajstić information content (AvgIpc) is 2.69. The topological polar surface area (TPSA) is 26.0 Å². The number of nitrogens with two attached hydrogens (primary N) is 1. The second-order valence-corrected chi connectivity index (χ2v) is 4.13. The molecule has 0 aliphatic heterocycles. The van der Waals surface area contributed by atoms with Crippen molar-refractivity contribution >= 4 is 12.4 Å². The molecular formula is C12H17ClFN. The molecule has 0 radical (unpaired) electrons. The summed E-state index contributed by atoms with van der Waals surface area (Å²) in [7, 11) is 0. The van der Waals surface area contributed by atoms with Gasteiger partial charge in [-0.2, -0.15) is 0 Å². The molecule has 0 aromatic heterocycles. The average molecular weight is 230 g/mol. The molecule has 0 unspecified atom stereocenters. The molecule has 1 saturated carbocycles. The normalized spacial score (nSPS) is 18.5. The van der Waals surface area contributed by atoms with Gasteiger partial charge >= 0.3 is 0 Å². The van der Waals surface area contributed by atoms with Crippen molar-refractivity contribution in [3.63, 3.8) is 0 Å². The molecule has 0 saturated heterocycles. The molecule has 1 nitrogen and oxygen atoms in total. The Hall–Kier alpha value is -0.600. The Morgan fingerprint density at radius 2 is 1.93 bits per heavy atom. The third-order valence-electron chi connectivity index (χ3n) is 3.14.